The van der Waals surface area contributed by atoms with Gasteiger partial charge < -0.3 is 14.8 Å². The Balaban J connectivity index is 2.02. The molecular formula is C17H18ClNO3. The van der Waals surface area contributed by atoms with Crippen LogP contribution >= 0.6 is 11.6 Å². The van der Waals surface area contributed by atoms with Crippen LogP contribution < -0.4 is 14.8 Å². The summed E-state index contributed by atoms with van der Waals surface area (Å²) in [4.78, 5) is 12.2. The highest BCUT2D eigenvalue weighted by Crippen LogP contribution is 2.27. The number of hydrogen-bond acceptors (Lipinski definition) is 3. The third kappa shape index (κ3) is 3.92. The predicted octanol–water partition coefficient (Wildman–Crippen LogP) is 4.06. The number of hydrogen-bond donors (Lipinski definition) is 1. The molecule has 0 heterocycles. The Morgan fingerprint density at radius 1 is 1.18 bits per heavy atom. The van der Waals surface area contributed by atoms with Crippen molar-refractivity contribution in [2.75, 3.05) is 12.4 Å². The van der Waals surface area contributed by atoms with E-state index >= 15 is 0 Å². The molecular weight excluding hydrogens is 302 g/mol. The minimum atomic E-state index is -0.623. The molecule has 0 aliphatic carbocycles. The van der Waals surface area contributed by atoms with Crippen molar-refractivity contribution in [3.05, 3.63) is 53.1 Å². The minimum Gasteiger partial charge on any atom is -0.495 e. The molecule has 22 heavy (non-hydrogen) atoms. The zero-order chi connectivity index (χ0) is 16.1. The van der Waals surface area contributed by atoms with Gasteiger partial charge in [0.05, 0.1) is 12.1 Å². The van der Waals surface area contributed by atoms with E-state index in [0.29, 0.717) is 22.2 Å². The number of ether oxygens (including phenoxy) is 2. The Hall–Kier alpha value is -2.20. The fraction of sp³-hybridized carbons (Fsp3) is 0.235. The molecule has 5 heteroatoms. The number of amides is 1. The number of para-hydroxylation sites is 1. The molecule has 1 N–H and O–H groups in total. The van der Waals surface area contributed by atoms with Crippen LogP contribution in [0.4, 0.5) is 5.69 Å². The van der Waals surface area contributed by atoms with Gasteiger partial charge in [-0.1, -0.05) is 29.8 Å². The minimum absolute atomic E-state index is 0.246. The number of rotatable bonds is 5. The Morgan fingerprint density at radius 3 is 2.55 bits per heavy atom. The summed E-state index contributed by atoms with van der Waals surface area (Å²) in [6, 6.07) is 12.6. The summed E-state index contributed by atoms with van der Waals surface area (Å²) in [5.41, 5.74) is 1.57. The van der Waals surface area contributed by atoms with Crippen LogP contribution in [0.5, 0.6) is 11.5 Å². The lowest BCUT2D eigenvalue weighted by Gasteiger charge is -2.16. The standard InChI is InChI=1S/C17H18ClNO3/c1-11-6-4-5-7-15(11)22-12(2)17(20)19-13-8-9-16(21-3)14(18)10-13/h4-10,12H,1-3H3,(H,19,20)/t12-/m1/s1. The highest BCUT2D eigenvalue weighted by Gasteiger charge is 2.16. The molecule has 2 rings (SSSR count). The fourth-order valence-corrected chi connectivity index (χ4v) is 2.18. The van der Waals surface area contributed by atoms with Gasteiger partial charge in [-0.05, 0) is 43.7 Å². The smallest absolute Gasteiger partial charge is 0.265 e. The number of benzene rings is 2. The van der Waals surface area contributed by atoms with Gasteiger partial charge in [0.2, 0.25) is 0 Å². The zero-order valence-corrected chi connectivity index (χ0v) is 13.5. The quantitative estimate of drug-likeness (QED) is 0.904. The maximum absolute atomic E-state index is 12.2. The monoisotopic (exact) mass is 319 g/mol. The summed E-state index contributed by atoms with van der Waals surface area (Å²) in [5, 5.41) is 3.21. The van der Waals surface area contributed by atoms with Crippen molar-refractivity contribution in [3.8, 4) is 11.5 Å². The van der Waals surface area contributed by atoms with E-state index in [9.17, 15) is 4.79 Å². The van der Waals surface area contributed by atoms with Crippen molar-refractivity contribution >= 4 is 23.2 Å². The largest absolute Gasteiger partial charge is 0.495 e. The van der Waals surface area contributed by atoms with Crippen LogP contribution in [0.15, 0.2) is 42.5 Å². The van der Waals surface area contributed by atoms with Crippen molar-refractivity contribution in [1.29, 1.82) is 0 Å². The first-order chi connectivity index (χ1) is 10.5. The third-order valence-corrected chi connectivity index (χ3v) is 3.48. The zero-order valence-electron chi connectivity index (χ0n) is 12.7. The Kier molecular flexibility index (Phi) is 5.28. The summed E-state index contributed by atoms with van der Waals surface area (Å²) < 4.78 is 10.8. The van der Waals surface area contributed by atoms with E-state index in [1.54, 1.807) is 25.1 Å². The summed E-state index contributed by atoms with van der Waals surface area (Å²) in [6.07, 6.45) is -0.623. The van der Waals surface area contributed by atoms with Crippen LogP contribution in [0, 0.1) is 6.92 Å². The van der Waals surface area contributed by atoms with E-state index in [2.05, 4.69) is 5.32 Å². The normalized spacial score (nSPS) is 11.6. The van der Waals surface area contributed by atoms with Crippen molar-refractivity contribution in [3.63, 3.8) is 0 Å². The molecule has 4 nitrogen and oxygen atoms in total. The van der Waals surface area contributed by atoms with Crippen molar-refractivity contribution in [2.24, 2.45) is 0 Å². The van der Waals surface area contributed by atoms with Crippen LogP contribution in [-0.4, -0.2) is 19.1 Å². The number of carbonyl (C=O) groups is 1. The topological polar surface area (TPSA) is 47.6 Å². The molecule has 2 aromatic rings. The molecule has 0 fully saturated rings. The van der Waals surface area contributed by atoms with Crippen LogP contribution in [0.1, 0.15) is 12.5 Å². The third-order valence-electron chi connectivity index (χ3n) is 3.19. The lowest BCUT2D eigenvalue weighted by molar-refractivity contribution is -0.122. The summed E-state index contributed by atoms with van der Waals surface area (Å²) in [6.45, 7) is 3.64. The van der Waals surface area contributed by atoms with Crippen LogP contribution in [-0.2, 0) is 4.79 Å². The van der Waals surface area contributed by atoms with E-state index in [-0.39, 0.29) is 5.91 Å². The highest BCUT2D eigenvalue weighted by molar-refractivity contribution is 6.32. The van der Waals surface area contributed by atoms with Gasteiger partial charge in [0.1, 0.15) is 11.5 Å². The van der Waals surface area contributed by atoms with Gasteiger partial charge >= 0.3 is 0 Å². The molecule has 1 amide bonds. The number of carbonyl (C=O) groups excluding carboxylic acids is 1. The number of nitrogens with one attached hydrogen (secondary N) is 1. The van der Waals surface area contributed by atoms with E-state index < -0.39 is 6.10 Å². The Bertz CT molecular complexity index is 673. The second-order valence-corrected chi connectivity index (χ2v) is 5.27. The van der Waals surface area contributed by atoms with Crippen molar-refractivity contribution in [2.45, 2.75) is 20.0 Å². The summed E-state index contributed by atoms with van der Waals surface area (Å²) >= 11 is 6.04. The fourth-order valence-electron chi connectivity index (χ4n) is 1.92. The molecule has 0 spiro atoms. The van der Waals surface area contributed by atoms with Gasteiger partial charge in [0.25, 0.3) is 5.91 Å². The lowest BCUT2D eigenvalue weighted by atomic mass is 10.2. The maximum atomic E-state index is 12.2. The molecule has 0 bridgehead atoms. The second-order valence-electron chi connectivity index (χ2n) is 4.86. The molecule has 0 saturated heterocycles. The van der Waals surface area contributed by atoms with Gasteiger partial charge in [-0.2, -0.15) is 0 Å². The molecule has 0 aromatic heterocycles. The Morgan fingerprint density at radius 2 is 1.91 bits per heavy atom. The van der Waals surface area contributed by atoms with Gasteiger partial charge in [0.15, 0.2) is 6.10 Å². The molecule has 1 atom stereocenters. The predicted molar refractivity (Wildman–Crippen MR) is 87.9 cm³/mol. The van der Waals surface area contributed by atoms with E-state index in [4.69, 9.17) is 21.1 Å². The highest BCUT2D eigenvalue weighted by atomic mass is 35.5. The summed E-state index contributed by atoms with van der Waals surface area (Å²) in [5.74, 6) is 1.01. The molecule has 0 radical (unpaired) electrons. The van der Waals surface area contributed by atoms with E-state index in [1.165, 1.54) is 7.11 Å². The van der Waals surface area contributed by atoms with E-state index in [1.807, 2.05) is 31.2 Å². The second kappa shape index (κ2) is 7.18. The first-order valence-corrected chi connectivity index (χ1v) is 7.25. The lowest BCUT2D eigenvalue weighted by Crippen LogP contribution is -2.30. The Labute approximate surface area is 135 Å². The van der Waals surface area contributed by atoms with Crippen molar-refractivity contribution < 1.29 is 14.3 Å². The number of aryl methyl sites for hydroxylation is 1. The van der Waals surface area contributed by atoms with Crippen LogP contribution in [0.2, 0.25) is 5.02 Å². The van der Waals surface area contributed by atoms with Crippen molar-refractivity contribution in [1.82, 2.24) is 0 Å². The molecule has 0 aliphatic rings. The first-order valence-electron chi connectivity index (χ1n) is 6.88. The van der Waals surface area contributed by atoms with Gasteiger partial charge in [-0.15, -0.1) is 0 Å². The van der Waals surface area contributed by atoms with E-state index in [0.717, 1.165) is 5.56 Å². The van der Waals surface area contributed by atoms with Crippen LogP contribution in [0.3, 0.4) is 0 Å². The molecule has 2 aromatic carbocycles. The molecule has 116 valence electrons. The average Bonchev–Trinajstić information content (AvgIpc) is 2.49. The van der Waals surface area contributed by atoms with Gasteiger partial charge in [-0.25, -0.2) is 0 Å². The van der Waals surface area contributed by atoms with Gasteiger partial charge in [-0.3, -0.25) is 4.79 Å². The molecule has 0 unspecified atom stereocenters. The number of methoxy groups -OCH3 is 1. The molecule has 0 saturated carbocycles. The van der Waals surface area contributed by atoms with Crippen LogP contribution in [0.25, 0.3) is 0 Å². The summed E-state index contributed by atoms with van der Waals surface area (Å²) in [7, 11) is 1.54. The SMILES string of the molecule is COc1ccc(NC(=O)[C@@H](C)Oc2ccccc2C)cc1Cl. The van der Waals surface area contributed by atoms with Gasteiger partial charge in [0, 0.05) is 5.69 Å². The average molecular weight is 320 g/mol. The number of halogens is 1. The maximum Gasteiger partial charge on any atom is 0.265 e. The first kappa shape index (κ1) is 16.2. The molecule has 0 aliphatic heterocycles. The number of anilines is 1.